The first kappa shape index (κ1) is 17.8. The largest absolute Gasteiger partial charge is 0.446 e. The summed E-state index contributed by atoms with van der Waals surface area (Å²) < 4.78 is 5.42. The third-order valence-corrected chi connectivity index (χ3v) is 4.42. The molecule has 0 saturated heterocycles. The third kappa shape index (κ3) is 4.25. The molecule has 1 aromatic carbocycles. The first-order chi connectivity index (χ1) is 11.0. The van der Waals surface area contributed by atoms with Gasteiger partial charge < -0.3 is 10.1 Å². The van der Waals surface area contributed by atoms with Crippen LogP contribution in [-0.2, 0) is 10.2 Å². The zero-order chi connectivity index (χ0) is 16.9. The average Bonchev–Trinajstić information content (AvgIpc) is 2.81. The summed E-state index contributed by atoms with van der Waals surface area (Å²) in [5.74, 6) is 0. The van der Waals surface area contributed by atoms with Crippen LogP contribution >= 0.6 is 0 Å². The van der Waals surface area contributed by atoms with E-state index in [2.05, 4.69) is 31.3 Å². The second-order valence-electron chi connectivity index (χ2n) is 6.95. The molecule has 0 fully saturated rings. The second-order valence-corrected chi connectivity index (χ2v) is 6.95. The fourth-order valence-electron chi connectivity index (χ4n) is 3.29. The quantitative estimate of drug-likeness (QED) is 0.770. The maximum absolute atomic E-state index is 12.4. The number of rotatable bonds is 7. The highest BCUT2D eigenvalue weighted by atomic mass is 16.6. The van der Waals surface area contributed by atoms with Crippen LogP contribution in [0.3, 0.4) is 0 Å². The van der Waals surface area contributed by atoms with Crippen LogP contribution in [0.1, 0.15) is 52.5 Å². The molecular weight excluding hydrogens is 288 g/mol. The number of amides is 1. The summed E-state index contributed by atoms with van der Waals surface area (Å²) in [4.78, 5) is 14.2. The Kier molecular flexibility index (Phi) is 6.05. The smallest absolute Gasteiger partial charge is 0.414 e. The van der Waals surface area contributed by atoms with Gasteiger partial charge in [0.25, 0.3) is 0 Å². The molecule has 1 aliphatic rings. The highest BCUT2D eigenvalue weighted by Crippen LogP contribution is 2.43. The molecule has 4 heteroatoms. The van der Waals surface area contributed by atoms with E-state index in [1.165, 1.54) is 5.56 Å². The van der Waals surface area contributed by atoms with Gasteiger partial charge in [-0.25, -0.2) is 4.79 Å². The molecule has 1 atom stereocenters. The molecule has 0 spiro atoms. The lowest BCUT2D eigenvalue weighted by Crippen LogP contribution is -2.37. The number of nitrogens with one attached hydrogen (secondary N) is 1. The van der Waals surface area contributed by atoms with E-state index in [9.17, 15) is 4.79 Å². The number of carbonyl (C=O) groups is 1. The van der Waals surface area contributed by atoms with Crippen molar-refractivity contribution in [3.8, 4) is 0 Å². The number of fused-ring (bicyclic) bond motifs is 1. The molecule has 1 N–H and O–H groups in total. The zero-order valence-electron chi connectivity index (χ0n) is 14.9. The zero-order valence-corrected chi connectivity index (χ0v) is 14.9. The lowest BCUT2D eigenvalue weighted by Gasteiger charge is -2.26. The third-order valence-electron chi connectivity index (χ3n) is 4.42. The van der Waals surface area contributed by atoms with Gasteiger partial charge in [-0.3, -0.25) is 4.90 Å². The molecule has 0 radical (unpaired) electrons. The Morgan fingerprint density at radius 3 is 2.78 bits per heavy atom. The van der Waals surface area contributed by atoms with Crippen molar-refractivity contribution in [1.29, 1.82) is 0 Å². The number of para-hydroxylation sites is 1. The van der Waals surface area contributed by atoms with Gasteiger partial charge in [-0.05, 0) is 57.8 Å². The molecular formula is C19H30N2O2. The Labute approximate surface area is 140 Å². The molecule has 1 heterocycles. The molecule has 0 bridgehead atoms. The fourth-order valence-corrected chi connectivity index (χ4v) is 3.29. The number of nitrogens with zero attached hydrogens (tertiary/aromatic N) is 1. The molecule has 1 unspecified atom stereocenters. The van der Waals surface area contributed by atoms with Crippen LogP contribution in [0.15, 0.2) is 24.3 Å². The number of hydrogen-bond donors (Lipinski definition) is 1. The van der Waals surface area contributed by atoms with Crippen LogP contribution in [0.2, 0.25) is 0 Å². The highest BCUT2D eigenvalue weighted by Gasteiger charge is 2.41. The summed E-state index contributed by atoms with van der Waals surface area (Å²) in [5, 5.41) is 3.46. The maximum atomic E-state index is 12.4. The van der Waals surface area contributed by atoms with Crippen LogP contribution in [0.25, 0.3) is 0 Å². The molecule has 23 heavy (non-hydrogen) atoms. The van der Waals surface area contributed by atoms with Gasteiger partial charge in [-0.2, -0.15) is 0 Å². The van der Waals surface area contributed by atoms with Crippen molar-refractivity contribution in [3.63, 3.8) is 0 Å². The Morgan fingerprint density at radius 2 is 2.09 bits per heavy atom. The van der Waals surface area contributed by atoms with Gasteiger partial charge in [0.1, 0.15) is 0 Å². The van der Waals surface area contributed by atoms with Crippen LogP contribution in [0, 0.1) is 0 Å². The molecule has 0 saturated carbocycles. The maximum Gasteiger partial charge on any atom is 0.414 e. The average molecular weight is 318 g/mol. The predicted molar refractivity (Wildman–Crippen MR) is 95.2 cm³/mol. The van der Waals surface area contributed by atoms with Crippen molar-refractivity contribution >= 4 is 11.8 Å². The standard InChI is InChI=1S/C19H30N2O2/c1-5-12-20-13-8-11-19(4)14-21(18(22)23-15(2)3)17-10-7-6-9-16(17)19/h6-7,9-10,15,20H,5,8,11-14H2,1-4H3. The summed E-state index contributed by atoms with van der Waals surface area (Å²) in [5.41, 5.74) is 2.26. The van der Waals surface area contributed by atoms with Crippen LogP contribution in [-0.4, -0.2) is 31.8 Å². The van der Waals surface area contributed by atoms with E-state index in [4.69, 9.17) is 4.74 Å². The summed E-state index contributed by atoms with van der Waals surface area (Å²) in [6.07, 6.45) is 3.00. The molecule has 1 aliphatic heterocycles. The lowest BCUT2D eigenvalue weighted by molar-refractivity contribution is 0.122. The van der Waals surface area contributed by atoms with E-state index in [0.717, 1.165) is 38.0 Å². The number of carbonyl (C=O) groups excluding carboxylic acids is 1. The van der Waals surface area contributed by atoms with Gasteiger partial charge >= 0.3 is 6.09 Å². The first-order valence-corrected chi connectivity index (χ1v) is 8.76. The van der Waals surface area contributed by atoms with Crippen LogP contribution < -0.4 is 10.2 Å². The van der Waals surface area contributed by atoms with E-state index in [1.54, 1.807) is 4.90 Å². The normalized spacial score (nSPS) is 20.0. The van der Waals surface area contributed by atoms with Gasteiger partial charge in [0.2, 0.25) is 0 Å². The summed E-state index contributed by atoms with van der Waals surface area (Å²) in [6.45, 7) is 11.0. The van der Waals surface area contributed by atoms with Crippen molar-refractivity contribution in [1.82, 2.24) is 5.32 Å². The van der Waals surface area contributed by atoms with Gasteiger partial charge in [0, 0.05) is 12.0 Å². The number of benzene rings is 1. The van der Waals surface area contributed by atoms with E-state index in [1.807, 2.05) is 26.0 Å². The Morgan fingerprint density at radius 1 is 1.35 bits per heavy atom. The molecule has 0 aliphatic carbocycles. The van der Waals surface area contributed by atoms with E-state index in [0.29, 0.717) is 6.54 Å². The number of hydrogen-bond acceptors (Lipinski definition) is 3. The molecule has 0 aromatic heterocycles. The van der Waals surface area contributed by atoms with Crippen molar-refractivity contribution in [2.24, 2.45) is 0 Å². The minimum Gasteiger partial charge on any atom is -0.446 e. The van der Waals surface area contributed by atoms with E-state index < -0.39 is 0 Å². The van der Waals surface area contributed by atoms with Crippen molar-refractivity contribution in [2.75, 3.05) is 24.5 Å². The van der Waals surface area contributed by atoms with Crippen LogP contribution in [0.4, 0.5) is 10.5 Å². The van der Waals surface area contributed by atoms with Gasteiger partial charge in [0.05, 0.1) is 11.8 Å². The predicted octanol–water partition coefficient (Wildman–Crippen LogP) is 4.09. The molecule has 2 rings (SSSR count). The molecule has 128 valence electrons. The van der Waals surface area contributed by atoms with Gasteiger partial charge in [-0.15, -0.1) is 0 Å². The van der Waals surface area contributed by atoms with Gasteiger partial charge in [-0.1, -0.05) is 32.0 Å². The SMILES string of the molecule is CCCNCCCC1(C)CN(C(=O)OC(C)C)c2ccccc21. The van der Waals surface area contributed by atoms with Crippen LogP contribution in [0.5, 0.6) is 0 Å². The molecule has 4 nitrogen and oxygen atoms in total. The monoisotopic (exact) mass is 318 g/mol. The summed E-state index contributed by atoms with van der Waals surface area (Å²) in [6, 6.07) is 8.22. The first-order valence-electron chi connectivity index (χ1n) is 8.76. The fraction of sp³-hybridized carbons (Fsp3) is 0.632. The number of ether oxygens (including phenoxy) is 1. The molecule has 1 amide bonds. The van der Waals surface area contributed by atoms with Crippen molar-refractivity contribution in [2.45, 2.75) is 58.5 Å². The van der Waals surface area contributed by atoms with E-state index >= 15 is 0 Å². The minimum atomic E-state index is -0.236. The Balaban J connectivity index is 2.09. The highest BCUT2D eigenvalue weighted by molar-refractivity contribution is 5.91. The second kappa shape index (κ2) is 7.82. The number of anilines is 1. The summed E-state index contributed by atoms with van der Waals surface area (Å²) in [7, 11) is 0. The van der Waals surface area contributed by atoms with Crippen molar-refractivity contribution < 1.29 is 9.53 Å². The lowest BCUT2D eigenvalue weighted by atomic mass is 9.80. The Hall–Kier alpha value is -1.55. The molecule has 1 aromatic rings. The van der Waals surface area contributed by atoms with Gasteiger partial charge in [0.15, 0.2) is 0 Å². The minimum absolute atomic E-state index is 0.000484. The topological polar surface area (TPSA) is 41.6 Å². The van der Waals surface area contributed by atoms with Crippen molar-refractivity contribution in [3.05, 3.63) is 29.8 Å². The summed E-state index contributed by atoms with van der Waals surface area (Å²) >= 11 is 0. The van der Waals surface area contributed by atoms with E-state index in [-0.39, 0.29) is 17.6 Å². The Bertz CT molecular complexity index is 530.